The van der Waals surface area contributed by atoms with Crippen molar-refractivity contribution < 1.29 is 14.7 Å². The molecule has 1 saturated heterocycles. The number of carboxylic acids is 1. The maximum atomic E-state index is 13.3. The number of carboxylic acid groups (broad SMARTS) is 1. The fourth-order valence-electron chi connectivity index (χ4n) is 4.74. The van der Waals surface area contributed by atoms with Crippen LogP contribution in [-0.4, -0.2) is 44.8 Å². The SMILES string of the molecule is CCc1ccc(-n2nc(C(=O)N3CCC(C(=O)O)(C(C)C)C3)c3c2CCC3)cc1. The summed E-state index contributed by atoms with van der Waals surface area (Å²) in [6.45, 7) is 6.70. The van der Waals surface area contributed by atoms with Crippen LogP contribution in [0, 0.1) is 11.3 Å². The minimum absolute atomic E-state index is 0.0295. The molecule has 1 N–H and O–H groups in total. The van der Waals surface area contributed by atoms with Crippen LogP contribution in [0.15, 0.2) is 24.3 Å². The first kappa shape index (κ1) is 19.7. The molecule has 2 aromatic rings. The molecule has 29 heavy (non-hydrogen) atoms. The summed E-state index contributed by atoms with van der Waals surface area (Å²) in [4.78, 5) is 27.0. The van der Waals surface area contributed by atoms with E-state index >= 15 is 0 Å². The number of likely N-dealkylation sites (tertiary alicyclic amines) is 1. The van der Waals surface area contributed by atoms with Gasteiger partial charge in [-0.2, -0.15) is 5.10 Å². The minimum atomic E-state index is -0.864. The fraction of sp³-hybridized carbons (Fsp3) is 0.522. The first-order chi connectivity index (χ1) is 13.9. The Morgan fingerprint density at radius 3 is 2.52 bits per heavy atom. The Hall–Kier alpha value is -2.63. The van der Waals surface area contributed by atoms with Crippen molar-refractivity contribution in [3.8, 4) is 5.69 Å². The van der Waals surface area contributed by atoms with Crippen LogP contribution in [0.2, 0.25) is 0 Å². The van der Waals surface area contributed by atoms with E-state index < -0.39 is 11.4 Å². The van der Waals surface area contributed by atoms with Gasteiger partial charge in [-0.3, -0.25) is 9.59 Å². The summed E-state index contributed by atoms with van der Waals surface area (Å²) in [7, 11) is 0. The molecule has 1 aliphatic carbocycles. The van der Waals surface area contributed by atoms with E-state index in [-0.39, 0.29) is 18.4 Å². The van der Waals surface area contributed by atoms with E-state index in [1.165, 1.54) is 5.56 Å². The topological polar surface area (TPSA) is 75.4 Å². The van der Waals surface area contributed by atoms with Crippen molar-refractivity contribution in [3.63, 3.8) is 0 Å². The Labute approximate surface area is 171 Å². The number of hydrogen-bond acceptors (Lipinski definition) is 3. The number of carbonyl (C=O) groups is 2. The normalized spacial score (nSPS) is 21.0. The number of nitrogens with zero attached hydrogens (tertiary/aromatic N) is 3. The number of fused-ring (bicyclic) bond motifs is 1. The van der Waals surface area contributed by atoms with Gasteiger partial charge >= 0.3 is 5.97 Å². The van der Waals surface area contributed by atoms with Crippen LogP contribution in [0.3, 0.4) is 0 Å². The summed E-state index contributed by atoms with van der Waals surface area (Å²) < 4.78 is 1.91. The van der Waals surface area contributed by atoms with Gasteiger partial charge in [0.1, 0.15) is 0 Å². The van der Waals surface area contributed by atoms with Gasteiger partial charge in [-0.1, -0.05) is 32.9 Å². The number of hydrogen-bond donors (Lipinski definition) is 1. The Kier molecular flexibility index (Phi) is 4.97. The summed E-state index contributed by atoms with van der Waals surface area (Å²) >= 11 is 0. The molecule has 4 rings (SSSR count). The first-order valence-corrected chi connectivity index (χ1v) is 10.6. The van der Waals surface area contributed by atoms with Gasteiger partial charge in [0, 0.05) is 24.3 Å². The lowest BCUT2D eigenvalue weighted by Gasteiger charge is -2.28. The molecule has 6 heteroatoms. The molecule has 1 unspecified atom stereocenters. The smallest absolute Gasteiger partial charge is 0.311 e. The summed E-state index contributed by atoms with van der Waals surface area (Å²) in [5.41, 5.74) is 4.03. The molecule has 2 aliphatic rings. The average Bonchev–Trinajstić information content (AvgIpc) is 3.42. The lowest BCUT2D eigenvalue weighted by atomic mass is 9.76. The molecular formula is C23H29N3O3. The van der Waals surface area contributed by atoms with Gasteiger partial charge in [0.15, 0.2) is 5.69 Å². The minimum Gasteiger partial charge on any atom is -0.481 e. The van der Waals surface area contributed by atoms with Crippen molar-refractivity contribution in [2.75, 3.05) is 13.1 Å². The number of benzene rings is 1. The second-order valence-corrected chi connectivity index (χ2v) is 8.65. The highest BCUT2D eigenvalue weighted by molar-refractivity contribution is 5.95. The summed E-state index contributed by atoms with van der Waals surface area (Å²) in [6, 6.07) is 8.32. The zero-order chi connectivity index (χ0) is 20.8. The first-order valence-electron chi connectivity index (χ1n) is 10.6. The molecule has 1 aliphatic heterocycles. The average molecular weight is 396 g/mol. The zero-order valence-corrected chi connectivity index (χ0v) is 17.4. The molecule has 0 radical (unpaired) electrons. The summed E-state index contributed by atoms with van der Waals surface area (Å²) in [6.07, 6.45) is 4.26. The highest BCUT2D eigenvalue weighted by Gasteiger charge is 2.49. The second kappa shape index (κ2) is 7.32. The summed E-state index contributed by atoms with van der Waals surface area (Å²) in [5, 5.41) is 14.5. The predicted octanol–water partition coefficient (Wildman–Crippen LogP) is 3.50. The molecule has 6 nitrogen and oxygen atoms in total. The largest absolute Gasteiger partial charge is 0.481 e. The fourth-order valence-corrected chi connectivity index (χ4v) is 4.74. The van der Waals surface area contributed by atoms with Gasteiger partial charge in [0.25, 0.3) is 5.91 Å². The highest BCUT2D eigenvalue weighted by Crippen LogP contribution is 2.39. The maximum Gasteiger partial charge on any atom is 0.311 e. The number of amides is 1. The highest BCUT2D eigenvalue weighted by atomic mass is 16.4. The molecule has 1 atom stereocenters. The molecule has 1 aromatic carbocycles. The lowest BCUT2D eigenvalue weighted by Crippen LogP contribution is -2.40. The van der Waals surface area contributed by atoms with Crippen LogP contribution < -0.4 is 0 Å². The molecule has 1 amide bonds. The van der Waals surface area contributed by atoms with E-state index in [1.807, 2.05) is 18.5 Å². The monoisotopic (exact) mass is 395 g/mol. The second-order valence-electron chi connectivity index (χ2n) is 8.65. The van der Waals surface area contributed by atoms with Crippen molar-refractivity contribution in [2.45, 2.75) is 52.9 Å². The van der Waals surface area contributed by atoms with Crippen molar-refractivity contribution in [1.29, 1.82) is 0 Å². The Morgan fingerprint density at radius 1 is 1.21 bits per heavy atom. The molecule has 1 aromatic heterocycles. The maximum absolute atomic E-state index is 13.3. The van der Waals surface area contributed by atoms with Crippen molar-refractivity contribution in [3.05, 3.63) is 46.8 Å². The number of rotatable bonds is 5. The Bertz CT molecular complexity index is 945. The number of aryl methyl sites for hydroxylation is 1. The molecular weight excluding hydrogens is 366 g/mol. The van der Waals surface area contributed by atoms with E-state index in [0.717, 1.165) is 42.6 Å². The number of carbonyl (C=O) groups excluding carboxylic acids is 1. The van der Waals surface area contributed by atoms with Crippen LogP contribution in [0.1, 0.15) is 60.9 Å². The van der Waals surface area contributed by atoms with Crippen LogP contribution in [0.25, 0.3) is 5.69 Å². The van der Waals surface area contributed by atoms with E-state index in [1.54, 1.807) is 4.90 Å². The van der Waals surface area contributed by atoms with E-state index in [4.69, 9.17) is 5.10 Å². The van der Waals surface area contributed by atoms with E-state index in [9.17, 15) is 14.7 Å². The van der Waals surface area contributed by atoms with Crippen LogP contribution in [-0.2, 0) is 24.1 Å². The Morgan fingerprint density at radius 2 is 1.93 bits per heavy atom. The molecule has 0 bridgehead atoms. The van der Waals surface area contributed by atoms with Gasteiger partial charge in [-0.05, 0) is 55.7 Å². The van der Waals surface area contributed by atoms with Crippen molar-refractivity contribution in [2.24, 2.45) is 11.3 Å². The third-order valence-electron chi connectivity index (χ3n) is 6.84. The van der Waals surface area contributed by atoms with Gasteiger partial charge in [-0.15, -0.1) is 0 Å². The Balaban J connectivity index is 1.66. The van der Waals surface area contributed by atoms with E-state index in [2.05, 4.69) is 31.2 Å². The lowest BCUT2D eigenvalue weighted by molar-refractivity contribution is -0.150. The zero-order valence-electron chi connectivity index (χ0n) is 17.4. The van der Waals surface area contributed by atoms with Gasteiger partial charge in [0.2, 0.25) is 0 Å². The van der Waals surface area contributed by atoms with Gasteiger partial charge < -0.3 is 10.0 Å². The molecule has 154 valence electrons. The molecule has 0 spiro atoms. The number of aromatic nitrogens is 2. The standard InChI is InChI=1S/C23H29N3O3/c1-4-16-8-10-17(11-9-16)26-19-7-5-6-18(19)20(24-26)21(27)25-13-12-23(14-25,15(2)3)22(28)29/h8-11,15H,4-7,12-14H2,1-3H3,(H,28,29). The van der Waals surface area contributed by atoms with Crippen molar-refractivity contribution in [1.82, 2.24) is 14.7 Å². The van der Waals surface area contributed by atoms with Crippen LogP contribution in [0.4, 0.5) is 0 Å². The summed E-state index contributed by atoms with van der Waals surface area (Å²) in [5.74, 6) is -0.969. The third-order valence-corrected chi connectivity index (χ3v) is 6.84. The van der Waals surface area contributed by atoms with Crippen LogP contribution in [0.5, 0.6) is 0 Å². The van der Waals surface area contributed by atoms with E-state index in [0.29, 0.717) is 18.7 Å². The van der Waals surface area contributed by atoms with Crippen LogP contribution >= 0.6 is 0 Å². The molecule has 0 saturated carbocycles. The third kappa shape index (κ3) is 3.15. The quantitative estimate of drug-likeness (QED) is 0.841. The van der Waals surface area contributed by atoms with Gasteiger partial charge in [0.05, 0.1) is 11.1 Å². The molecule has 2 heterocycles. The van der Waals surface area contributed by atoms with Crippen molar-refractivity contribution >= 4 is 11.9 Å². The molecule has 1 fully saturated rings. The predicted molar refractivity (Wildman–Crippen MR) is 110 cm³/mol. The van der Waals surface area contributed by atoms with Gasteiger partial charge in [-0.25, -0.2) is 4.68 Å². The number of aliphatic carboxylic acids is 1.